The number of benzene rings is 3. The zero-order valence-corrected chi connectivity index (χ0v) is 17.8. The highest BCUT2D eigenvalue weighted by Gasteiger charge is 2.19. The molecule has 3 aromatic carbocycles. The van der Waals surface area contributed by atoms with Gasteiger partial charge in [-0.15, -0.1) is 10.2 Å². The second-order valence-corrected chi connectivity index (χ2v) is 7.68. The molecule has 0 unspecified atom stereocenters. The van der Waals surface area contributed by atoms with Crippen LogP contribution < -0.4 is 9.64 Å². The summed E-state index contributed by atoms with van der Waals surface area (Å²) in [6.07, 6.45) is 0. The molecule has 156 valence electrons. The molecule has 1 amide bonds. The van der Waals surface area contributed by atoms with Crippen LogP contribution in [0.2, 0.25) is 0 Å². The Balaban J connectivity index is 1.38. The van der Waals surface area contributed by atoms with Crippen molar-refractivity contribution in [3.05, 3.63) is 96.4 Å². The molecule has 0 atom stereocenters. The molecule has 0 spiro atoms. The van der Waals surface area contributed by atoms with Crippen molar-refractivity contribution in [3.63, 3.8) is 0 Å². The Morgan fingerprint density at radius 3 is 2.13 bits per heavy atom. The van der Waals surface area contributed by atoms with E-state index in [4.69, 9.17) is 9.15 Å². The van der Waals surface area contributed by atoms with Crippen molar-refractivity contribution in [1.82, 2.24) is 10.2 Å². The summed E-state index contributed by atoms with van der Waals surface area (Å²) in [5.74, 6) is 1.16. The fourth-order valence-corrected chi connectivity index (χ4v) is 3.54. The monoisotopic (exact) mass is 431 g/mol. The maximum atomic E-state index is 13.1. The van der Waals surface area contributed by atoms with Crippen LogP contribution in [-0.2, 0) is 11.4 Å². The van der Waals surface area contributed by atoms with Crippen molar-refractivity contribution in [1.29, 1.82) is 0 Å². The number of nitrogens with zero attached hydrogens (tertiary/aromatic N) is 3. The number of amides is 1. The van der Waals surface area contributed by atoms with Gasteiger partial charge in [-0.3, -0.25) is 9.69 Å². The second-order valence-electron chi connectivity index (χ2n) is 6.75. The lowest BCUT2D eigenvalue weighted by atomic mass is 10.2. The van der Waals surface area contributed by atoms with Gasteiger partial charge in [0.05, 0.1) is 5.75 Å². The number of carbonyl (C=O) groups is 1. The van der Waals surface area contributed by atoms with E-state index >= 15 is 0 Å². The van der Waals surface area contributed by atoms with E-state index in [1.54, 1.807) is 4.90 Å². The Hall–Kier alpha value is -3.58. The minimum absolute atomic E-state index is 0.0851. The fourth-order valence-electron chi connectivity index (χ4n) is 2.91. The number of para-hydroxylation sites is 2. The third-order valence-corrected chi connectivity index (χ3v) is 5.23. The third-order valence-electron chi connectivity index (χ3n) is 4.43. The molecular weight excluding hydrogens is 410 g/mol. The highest BCUT2D eigenvalue weighted by molar-refractivity contribution is 7.99. The van der Waals surface area contributed by atoms with Gasteiger partial charge in [-0.2, -0.15) is 0 Å². The first-order chi connectivity index (χ1) is 15.2. The zero-order valence-electron chi connectivity index (χ0n) is 17.0. The van der Waals surface area contributed by atoms with Crippen molar-refractivity contribution >= 4 is 29.0 Å². The van der Waals surface area contributed by atoms with E-state index in [9.17, 15) is 4.79 Å². The molecule has 0 aliphatic rings. The molecule has 0 aliphatic heterocycles. The summed E-state index contributed by atoms with van der Waals surface area (Å²) in [6, 6.07) is 26.8. The highest BCUT2D eigenvalue weighted by atomic mass is 32.2. The molecule has 6 nitrogen and oxygen atoms in total. The molecule has 0 saturated carbocycles. The first kappa shape index (κ1) is 20.7. The molecule has 0 saturated heterocycles. The lowest BCUT2D eigenvalue weighted by molar-refractivity contribution is -0.115. The Bertz CT molecular complexity index is 1080. The number of anilines is 2. The third kappa shape index (κ3) is 5.52. The molecule has 0 N–H and O–H groups in total. The molecule has 0 fully saturated rings. The van der Waals surface area contributed by atoms with Gasteiger partial charge in [-0.1, -0.05) is 65.9 Å². The van der Waals surface area contributed by atoms with Crippen LogP contribution in [0.4, 0.5) is 11.4 Å². The van der Waals surface area contributed by atoms with Crippen LogP contribution >= 0.6 is 11.8 Å². The number of rotatable bonds is 8. The maximum absolute atomic E-state index is 13.1. The van der Waals surface area contributed by atoms with Crippen LogP contribution in [0, 0.1) is 6.92 Å². The lowest BCUT2D eigenvalue weighted by Gasteiger charge is -2.22. The van der Waals surface area contributed by atoms with E-state index in [0.29, 0.717) is 11.1 Å². The van der Waals surface area contributed by atoms with Gasteiger partial charge in [-0.05, 0) is 43.3 Å². The molecular formula is C24H21N3O3S. The summed E-state index contributed by atoms with van der Waals surface area (Å²) in [4.78, 5) is 14.7. The van der Waals surface area contributed by atoms with Crippen LogP contribution in [0.3, 0.4) is 0 Å². The standard InChI is InChI=1S/C24H21N3O3S/c1-18-12-14-21(15-13-18)29-16-22-25-26-24(30-22)31-17-23(28)27(19-8-4-2-5-9-19)20-10-6-3-7-11-20/h2-15H,16-17H2,1H3. The van der Waals surface area contributed by atoms with E-state index in [0.717, 1.165) is 22.7 Å². The summed E-state index contributed by atoms with van der Waals surface area (Å²) in [7, 11) is 0. The Morgan fingerprint density at radius 2 is 1.52 bits per heavy atom. The minimum Gasteiger partial charge on any atom is -0.484 e. The van der Waals surface area contributed by atoms with Crippen molar-refractivity contribution in [3.8, 4) is 5.75 Å². The molecule has 1 aromatic heterocycles. The average molecular weight is 432 g/mol. The molecule has 0 aliphatic carbocycles. The van der Waals surface area contributed by atoms with E-state index in [1.165, 1.54) is 11.8 Å². The van der Waals surface area contributed by atoms with Gasteiger partial charge in [0.2, 0.25) is 5.91 Å². The predicted molar refractivity (Wildman–Crippen MR) is 121 cm³/mol. The van der Waals surface area contributed by atoms with Gasteiger partial charge in [0.25, 0.3) is 11.1 Å². The van der Waals surface area contributed by atoms with Crippen molar-refractivity contribution in [2.75, 3.05) is 10.7 Å². The van der Waals surface area contributed by atoms with Gasteiger partial charge in [0, 0.05) is 11.4 Å². The first-order valence-electron chi connectivity index (χ1n) is 9.77. The molecule has 1 heterocycles. The minimum atomic E-state index is -0.0851. The van der Waals surface area contributed by atoms with Crippen LogP contribution in [0.25, 0.3) is 0 Å². The van der Waals surface area contributed by atoms with Crippen LogP contribution in [-0.4, -0.2) is 21.9 Å². The second kappa shape index (κ2) is 9.95. The Kier molecular flexibility index (Phi) is 6.64. The van der Waals surface area contributed by atoms with Crippen molar-refractivity contribution in [2.24, 2.45) is 0 Å². The van der Waals surface area contributed by atoms with Gasteiger partial charge in [0.15, 0.2) is 6.61 Å². The summed E-state index contributed by atoms with van der Waals surface area (Å²) < 4.78 is 11.3. The first-order valence-corrected chi connectivity index (χ1v) is 10.8. The average Bonchev–Trinajstić information content (AvgIpc) is 3.27. The summed E-state index contributed by atoms with van der Waals surface area (Å²) in [5, 5.41) is 8.35. The number of thioether (sulfide) groups is 1. The van der Waals surface area contributed by atoms with E-state index in [2.05, 4.69) is 10.2 Å². The fraction of sp³-hybridized carbons (Fsp3) is 0.125. The molecule has 0 radical (unpaired) electrons. The SMILES string of the molecule is Cc1ccc(OCc2nnc(SCC(=O)N(c3ccccc3)c3ccccc3)o2)cc1. The number of aryl methyl sites for hydroxylation is 1. The normalized spacial score (nSPS) is 10.6. The summed E-state index contributed by atoms with van der Waals surface area (Å²) in [5.41, 5.74) is 2.77. The summed E-state index contributed by atoms with van der Waals surface area (Å²) in [6.45, 7) is 2.19. The zero-order chi connectivity index (χ0) is 21.5. The molecule has 31 heavy (non-hydrogen) atoms. The quantitative estimate of drug-likeness (QED) is 0.347. The number of carbonyl (C=O) groups excluding carboxylic acids is 1. The van der Waals surface area contributed by atoms with Crippen molar-refractivity contribution in [2.45, 2.75) is 18.8 Å². The van der Waals surface area contributed by atoms with Gasteiger partial charge >= 0.3 is 0 Å². The summed E-state index contributed by atoms with van der Waals surface area (Å²) >= 11 is 1.20. The predicted octanol–water partition coefficient (Wildman–Crippen LogP) is 5.41. The van der Waals surface area contributed by atoms with Crippen LogP contribution in [0.1, 0.15) is 11.5 Å². The smallest absolute Gasteiger partial charge is 0.277 e. The van der Waals surface area contributed by atoms with Crippen LogP contribution in [0.15, 0.2) is 94.6 Å². The maximum Gasteiger partial charge on any atom is 0.277 e. The number of ether oxygens (including phenoxy) is 1. The van der Waals surface area contributed by atoms with Gasteiger partial charge in [0.1, 0.15) is 5.75 Å². The highest BCUT2D eigenvalue weighted by Crippen LogP contribution is 2.27. The Morgan fingerprint density at radius 1 is 0.903 bits per heavy atom. The van der Waals surface area contributed by atoms with E-state index in [-0.39, 0.29) is 18.3 Å². The number of aromatic nitrogens is 2. The lowest BCUT2D eigenvalue weighted by Crippen LogP contribution is -2.27. The molecule has 7 heteroatoms. The molecule has 0 bridgehead atoms. The van der Waals surface area contributed by atoms with Gasteiger partial charge < -0.3 is 9.15 Å². The number of hydrogen-bond acceptors (Lipinski definition) is 6. The topological polar surface area (TPSA) is 68.5 Å². The largest absolute Gasteiger partial charge is 0.484 e. The van der Waals surface area contributed by atoms with Gasteiger partial charge in [-0.25, -0.2) is 0 Å². The van der Waals surface area contributed by atoms with E-state index in [1.807, 2.05) is 91.9 Å². The Labute approximate surface area is 184 Å². The van der Waals surface area contributed by atoms with Crippen molar-refractivity contribution < 1.29 is 13.9 Å². The molecule has 4 rings (SSSR count). The number of hydrogen-bond donors (Lipinski definition) is 0. The van der Waals surface area contributed by atoms with Crippen LogP contribution in [0.5, 0.6) is 5.75 Å². The van der Waals surface area contributed by atoms with E-state index < -0.39 is 0 Å². The molecule has 4 aromatic rings.